The molecular weight excluding hydrogens is 248 g/mol. The first-order valence-electron chi connectivity index (χ1n) is 7.01. The Balaban J connectivity index is 1.83. The molecule has 3 rings (SSSR count). The van der Waals surface area contributed by atoms with Crippen LogP contribution < -0.4 is 5.32 Å². The SMILES string of the molecule is CCCNCc1coc(-c2ccc3ccccc3c2)n1. The van der Waals surface area contributed by atoms with Crippen molar-refractivity contribution in [2.75, 3.05) is 6.54 Å². The molecule has 1 N–H and O–H groups in total. The Kier molecular flexibility index (Phi) is 3.79. The van der Waals surface area contributed by atoms with Gasteiger partial charge in [-0.05, 0) is 35.9 Å². The molecule has 3 nitrogen and oxygen atoms in total. The van der Waals surface area contributed by atoms with Gasteiger partial charge in [-0.25, -0.2) is 4.98 Å². The molecule has 0 aliphatic heterocycles. The number of hydrogen-bond acceptors (Lipinski definition) is 3. The molecule has 20 heavy (non-hydrogen) atoms. The highest BCUT2D eigenvalue weighted by atomic mass is 16.3. The number of oxazole rings is 1. The van der Waals surface area contributed by atoms with Gasteiger partial charge in [0, 0.05) is 12.1 Å². The smallest absolute Gasteiger partial charge is 0.226 e. The zero-order valence-electron chi connectivity index (χ0n) is 11.6. The van der Waals surface area contributed by atoms with Gasteiger partial charge in [-0.15, -0.1) is 0 Å². The molecule has 3 aromatic rings. The third-order valence-electron chi connectivity index (χ3n) is 3.28. The monoisotopic (exact) mass is 266 g/mol. The van der Waals surface area contributed by atoms with E-state index in [4.69, 9.17) is 4.42 Å². The van der Waals surface area contributed by atoms with E-state index in [0.29, 0.717) is 5.89 Å². The molecule has 0 saturated heterocycles. The Hall–Kier alpha value is -2.13. The van der Waals surface area contributed by atoms with E-state index in [2.05, 4.69) is 47.6 Å². The Labute approximate surface area is 118 Å². The molecule has 2 aromatic carbocycles. The van der Waals surface area contributed by atoms with Gasteiger partial charge in [0.2, 0.25) is 5.89 Å². The zero-order chi connectivity index (χ0) is 13.8. The first-order chi connectivity index (χ1) is 9.86. The van der Waals surface area contributed by atoms with E-state index in [1.54, 1.807) is 6.26 Å². The van der Waals surface area contributed by atoms with Gasteiger partial charge in [0.15, 0.2) is 0 Å². The number of benzene rings is 2. The lowest BCUT2D eigenvalue weighted by Crippen LogP contribution is -2.13. The Morgan fingerprint density at radius 1 is 1.10 bits per heavy atom. The van der Waals surface area contributed by atoms with Crippen LogP contribution in [0.2, 0.25) is 0 Å². The fourth-order valence-corrected chi connectivity index (χ4v) is 2.24. The molecule has 0 spiro atoms. The van der Waals surface area contributed by atoms with Gasteiger partial charge < -0.3 is 9.73 Å². The van der Waals surface area contributed by atoms with E-state index in [0.717, 1.165) is 30.8 Å². The lowest BCUT2D eigenvalue weighted by molar-refractivity contribution is 0.570. The van der Waals surface area contributed by atoms with Gasteiger partial charge in [0.25, 0.3) is 0 Å². The van der Waals surface area contributed by atoms with E-state index in [9.17, 15) is 0 Å². The summed E-state index contributed by atoms with van der Waals surface area (Å²) in [5.41, 5.74) is 1.96. The van der Waals surface area contributed by atoms with Crippen LogP contribution in [0.25, 0.3) is 22.2 Å². The molecule has 0 amide bonds. The summed E-state index contributed by atoms with van der Waals surface area (Å²) in [5.74, 6) is 0.684. The summed E-state index contributed by atoms with van der Waals surface area (Å²) in [7, 11) is 0. The van der Waals surface area contributed by atoms with Crippen LogP contribution in [0.5, 0.6) is 0 Å². The van der Waals surface area contributed by atoms with Crippen LogP contribution in [-0.4, -0.2) is 11.5 Å². The minimum atomic E-state index is 0.684. The second-order valence-electron chi connectivity index (χ2n) is 4.88. The number of hydrogen-bond donors (Lipinski definition) is 1. The maximum absolute atomic E-state index is 5.58. The quantitative estimate of drug-likeness (QED) is 0.709. The second-order valence-corrected chi connectivity index (χ2v) is 4.88. The fraction of sp³-hybridized carbons (Fsp3) is 0.235. The third kappa shape index (κ3) is 2.73. The lowest BCUT2D eigenvalue weighted by atomic mass is 10.1. The molecular formula is C17H18N2O. The van der Waals surface area contributed by atoms with E-state index >= 15 is 0 Å². The molecule has 0 fully saturated rings. The van der Waals surface area contributed by atoms with Crippen LogP contribution in [0.1, 0.15) is 19.0 Å². The maximum Gasteiger partial charge on any atom is 0.226 e. The van der Waals surface area contributed by atoms with Crippen molar-refractivity contribution in [3.8, 4) is 11.5 Å². The Morgan fingerprint density at radius 2 is 1.95 bits per heavy atom. The van der Waals surface area contributed by atoms with Gasteiger partial charge in [0.1, 0.15) is 6.26 Å². The molecule has 1 heterocycles. The normalized spacial score (nSPS) is 11.1. The highest BCUT2D eigenvalue weighted by molar-refractivity contribution is 5.86. The molecule has 0 bridgehead atoms. The molecule has 0 aliphatic carbocycles. The largest absolute Gasteiger partial charge is 0.444 e. The van der Waals surface area contributed by atoms with Gasteiger partial charge in [-0.1, -0.05) is 37.3 Å². The topological polar surface area (TPSA) is 38.1 Å². The summed E-state index contributed by atoms with van der Waals surface area (Å²) in [6.07, 6.45) is 2.85. The van der Waals surface area contributed by atoms with Crippen molar-refractivity contribution < 1.29 is 4.42 Å². The minimum Gasteiger partial charge on any atom is -0.444 e. The number of rotatable bonds is 5. The number of aromatic nitrogens is 1. The van der Waals surface area contributed by atoms with Crippen LogP contribution in [0, 0.1) is 0 Å². The van der Waals surface area contributed by atoms with Crippen LogP contribution in [0.15, 0.2) is 53.1 Å². The molecule has 0 radical (unpaired) electrons. The van der Waals surface area contributed by atoms with Gasteiger partial charge in [-0.3, -0.25) is 0 Å². The third-order valence-corrected chi connectivity index (χ3v) is 3.28. The van der Waals surface area contributed by atoms with Gasteiger partial charge >= 0.3 is 0 Å². The van der Waals surface area contributed by atoms with Crippen molar-refractivity contribution in [3.05, 3.63) is 54.4 Å². The van der Waals surface area contributed by atoms with Crippen LogP contribution in [-0.2, 0) is 6.54 Å². The predicted molar refractivity (Wildman–Crippen MR) is 81.4 cm³/mol. The summed E-state index contributed by atoms with van der Waals surface area (Å²) in [6.45, 7) is 3.90. The van der Waals surface area contributed by atoms with Crippen molar-refractivity contribution in [1.29, 1.82) is 0 Å². The van der Waals surface area contributed by atoms with Crippen molar-refractivity contribution in [2.45, 2.75) is 19.9 Å². The Bertz CT molecular complexity index is 703. The molecule has 0 aliphatic rings. The Morgan fingerprint density at radius 3 is 2.80 bits per heavy atom. The molecule has 1 aromatic heterocycles. The summed E-state index contributed by atoms with van der Waals surface area (Å²) < 4.78 is 5.58. The second kappa shape index (κ2) is 5.88. The van der Waals surface area contributed by atoms with E-state index < -0.39 is 0 Å². The van der Waals surface area contributed by atoms with Crippen LogP contribution in [0.4, 0.5) is 0 Å². The molecule has 0 saturated carbocycles. The number of nitrogens with one attached hydrogen (secondary N) is 1. The summed E-state index contributed by atoms with van der Waals surface area (Å²) in [5, 5.41) is 5.76. The molecule has 102 valence electrons. The van der Waals surface area contributed by atoms with E-state index in [1.807, 2.05) is 12.1 Å². The van der Waals surface area contributed by atoms with Gasteiger partial charge in [0.05, 0.1) is 5.69 Å². The summed E-state index contributed by atoms with van der Waals surface area (Å²) in [6, 6.07) is 14.6. The zero-order valence-corrected chi connectivity index (χ0v) is 11.6. The maximum atomic E-state index is 5.58. The fourth-order valence-electron chi connectivity index (χ4n) is 2.24. The number of fused-ring (bicyclic) bond motifs is 1. The highest BCUT2D eigenvalue weighted by Crippen LogP contribution is 2.23. The molecule has 0 atom stereocenters. The predicted octanol–water partition coefficient (Wildman–Crippen LogP) is 3.99. The average molecular weight is 266 g/mol. The van der Waals surface area contributed by atoms with Crippen molar-refractivity contribution in [3.63, 3.8) is 0 Å². The summed E-state index contributed by atoms with van der Waals surface area (Å²) in [4.78, 5) is 4.53. The molecule has 0 unspecified atom stereocenters. The van der Waals surface area contributed by atoms with Crippen LogP contribution in [0.3, 0.4) is 0 Å². The minimum absolute atomic E-state index is 0.684. The van der Waals surface area contributed by atoms with Crippen molar-refractivity contribution >= 4 is 10.8 Å². The van der Waals surface area contributed by atoms with Crippen LogP contribution >= 0.6 is 0 Å². The van der Waals surface area contributed by atoms with Crippen molar-refractivity contribution in [2.24, 2.45) is 0 Å². The highest BCUT2D eigenvalue weighted by Gasteiger charge is 2.07. The average Bonchev–Trinajstić information content (AvgIpc) is 2.96. The lowest BCUT2D eigenvalue weighted by Gasteiger charge is -2.00. The van der Waals surface area contributed by atoms with Gasteiger partial charge in [-0.2, -0.15) is 0 Å². The standard InChI is InChI=1S/C17H18N2O/c1-2-9-18-11-16-12-20-17(19-16)15-8-7-13-5-3-4-6-14(13)10-15/h3-8,10,12,18H,2,9,11H2,1H3. The summed E-state index contributed by atoms with van der Waals surface area (Å²) >= 11 is 0. The molecule has 3 heteroatoms. The first kappa shape index (κ1) is 12.9. The van der Waals surface area contributed by atoms with Crippen molar-refractivity contribution in [1.82, 2.24) is 10.3 Å². The van der Waals surface area contributed by atoms with E-state index in [1.165, 1.54) is 10.8 Å². The number of nitrogens with zero attached hydrogens (tertiary/aromatic N) is 1. The first-order valence-corrected chi connectivity index (χ1v) is 7.01. The van der Waals surface area contributed by atoms with E-state index in [-0.39, 0.29) is 0 Å².